The van der Waals surface area contributed by atoms with Crippen LogP contribution in [-0.2, 0) is 15.6 Å². The van der Waals surface area contributed by atoms with Gasteiger partial charge in [0.1, 0.15) is 5.75 Å². The molecule has 0 aliphatic carbocycles. The molecule has 2 rings (SSSR count). The van der Waals surface area contributed by atoms with Crippen LogP contribution in [0.3, 0.4) is 0 Å². The SMILES string of the molecule is CC(C)(C)c1cc(/C=C/C(=O)Nc2cccnc2)cc(C(C)(C)C)c1O. The highest BCUT2D eigenvalue weighted by atomic mass is 16.3. The normalized spacial score (nSPS) is 12.4. The fraction of sp³-hybridized carbons (Fsp3) is 0.364. The summed E-state index contributed by atoms with van der Waals surface area (Å²) in [6, 6.07) is 7.44. The van der Waals surface area contributed by atoms with Crippen molar-refractivity contribution in [3.8, 4) is 5.75 Å². The van der Waals surface area contributed by atoms with E-state index in [-0.39, 0.29) is 16.7 Å². The number of anilines is 1. The van der Waals surface area contributed by atoms with E-state index < -0.39 is 0 Å². The molecular formula is C22H28N2O2. The molecule has 2 N–H and O–H groups in total. The van der Waals surface area contributed by atoms with Gasteiger partial charge in [0, 0.05) is 23.4 Å². The molecule has 4 nitrogen and oxygen atoms in total. The topological polar surface area (TPSA) is 62.2 Å². The van der Waals surface area contributed by atoms with Crippen molar-refractivity contribution < 1.29 is 9.90 Å². The summed E-state index contributed by atoms with van der Waals surface area (Å²) in [5.41, 5.74) is 2.88. The number of nitrogens with zero attached hydrogens (tertiary/aromatic N) is 1. The van der Waals surface area contributed by atoms with Crippen LogP contribution in [0, 0.1) is 0 Å². The number of aromatic nitrogens is 1. The first-order valence-corrected chi connectivity index (χ1v) is 8.75. The summed E-state index contributed by atoms with van der Waals surface area (Å²) in [7, 11) is 0. The molecule has 0 radical (unpaired) electrons. The Hall–Kier alpha value is -2.62. The van der Waals surface area contributed by atoms with E-state index in [2.05, 4.69) is 51.8 Å². The molecule has 0 spiro atoms. The minimum Gasteiger partial charge on any atom is -0.507 e. The summed E-state index contributed by atoms with van der Waals surface area (Å²) in [5.74, 6) is 0.114. The molecule has 26 heavy (non-hydrogen) atoms. The van der Waals surface area contributed by atoms with E-state index in [1.54, 1.807) is 30.6 Å². The molecule has 1 aromatic heterocycles. The van der Waals surface area contributed by atoms with E-state index in [4.69, 9.17) is 0 Å². The monoisotopic (exact) mass is 352 g/mol. The first-order chi connectivity index (χ1) is 12.0. The van der Waals surface area contributed by atoms with Crippen molar-refractivity contribution >= 4 is 17.7 Å². The number of benzene rings is 1. The van der Waals surface area contributed by atoms with Gasteiger partial charge in [-0.25, -0.2) is 0 Å². The molecule has 138 valence electrons. The molecule has 0 atom stereocenters. The zero-order chi connectivity index (χ0) is 19.5. The molecule has 0 fully saturated rings. The smallest absolute Gasteiger partial charge is 0.248 e. The molecule has 1 aromatic carbocycles. The Balaban J connectivity index is 2.35. The van der Waals surface area contributed by atoms with Crippen molar-refractivity contribution in [1.29, 1.82) is 0 Å². The lowest BCUT2D eigenvalue weighted by Gasteiger charge is -2.27. The van der Waals surface area contributed by atoms with E-state index in [0.717, 1.165) is 16.7 Å². The van der Waals surface area contributed by atoms with Gasteiger partial charge in [0.25, 0.3) is 0 Å². The first kappa shape index (κ1) is 19.7. The van der Waals surface area contributed by atoms with Crippen LogP contribution in [-0.4, -0.2) is 16.0 Å². The van der Waals surface area contributed by atoms with Crippen molar-refractivity contribution in [2.24, 2.45) is 0 Å². The van der Waals surface area contributed by atoms with Crippen LogP contribution in [0.2, 0.25) is 0 Å². The van der Waals surface area contributed by atoms with Gasteiger partial charge in [-0.15, -0.1) is 0 Å². The highest BCUT2D eigenvalue weighted by molar-refractivity contribution is 6.01. The van der Waals surface area contributed by atoms with E-state index in [0.29, 0.717) is 11.4 Å². The number of carbonyl (C=O) groups excluding carboxylic acids is 1. The van der Waals surface area contributed by atoms with Crippen LogP contribution in [0.25, 0.3) is 6.08 Å². The van der Waals surface area contributed by atoms with Gasteiger partial charge in [-0.05, 0) is 46.7 Å². The molecule has 0 saturated heterocycles. The highest BCUT2D eigenvalue weighted by Gasteiger charge is 2.26. The summed E-state index contributed by atoms with van der Waals surface area (Å²) >= 11 is 0. The van der Waals surface area contributed by atoms with Gasteiger partial charge in [0.15, 0.2) is 0 Å². The summed E-state index contributed by atoms with van der Waals surface area (Å²) in [6.07, 6.45) is 6.53. The Morgan fingerprint density at radius 1 is 1.08 bits per heavy atom. The average Bonchev–Trinajstić information content (AvgIpc) is 2.52. The lowest BCUT2D eigenvalue weighted by molar-refractivity contribution is -0.111. The molecule has 0 bridgehead atoms. The van der Waals surface area contributed by atoms with Gasteiger partial charge >= 0.3 is 0 Å². The molecule has 0 aliphatic heterocycles. The molecule has 1 amide bonds. The Morgan fingerprint density at radius 3 is 2.12 bits per heavy atom. The first-order valence-electron chi connectivity index (χ1n) is 8.75. The maximum Gasteiger partial charge on any atom is 0.248 e. The van der Waals surface area contributed by atoms with Gasteiger partial charge < -0.3 is 10.4 Å². The highest BCUT2D eigenvalue weighted by Crippen LogP contribution is 2.39. The predicted octanol–water partition coefficient (Wildman–Crippen LogP) is 5.03. The number of rotatable bonds is 3. The van der Waals surface area contributed by atoms with Crippen molar-refractivity contribution in [3.05, 3.63) is 59.4 Å². The molecule has 0 unspecified atom stereocenters. The fourth-order valence-corrected chi connectivity index (χ4v) is 2.69. The number of phenols is 1. The summed E-state index contributed by atoms with van der Waals surface area (Å²) in [4.78, 5) is 16.1. The van der Waals surface area contributed by atoms with Crippen molar-refractivity contribution in [2.75, 3.05) is 5.32 Å². The van der Waals surface area contributed by atoms with Crippen molar-refractivity contribution in [1.82, 2.24) is 4.98 Å². The third-order valence-corrected chi connectivity index (χ3v) is 4.10. The molecule has 0 saturated carbocycles. The number of carbonyl (C=O) groups is 1. The number of phenolic OH excluding ortho intramolecular Hbond substituents is 1. The van der Waals surface area contributed by atoms with E-state index in [1.807, 2.05) is 12.1 Å². The maximum atomic E-state index is 12.1. The van der Waals surface area contributed by atoms with Crippen LogP contribution in [0.4, 0.5) is 5.69 Å². The number of pyridine rings is 1. The van der Waals surface area contributed by atoms with Crippen LogP contribution in [0.1, 0.15) is 58.2 Å². The molecular weight excluding hydrogens is 324 g/mol. The van der Waals surface area contributed by atoms with Crippen LogP contribution in [0.5, 0.6) is 5.75 Å². The minimum atomic E-state index is -0.222. The second kappa shape index (κ2) is 7.32. The summed E-state index contributed by atoms with van der Waals surface area (Å²) in [6.45, 7) is 12.4. The second-order valence-electron chi connectivity index (χ2n) is 8.53. The van der Waals surface area contributed by atoms with Crippen molar-refractivity contribution in [2.45, 2.75) is 52.4 Å². The fourth-order valence-electron chi connectivity index (χ4n) is 2.69. The standard InChI is InChI=1S/C22H28N2O2/c1-21(2,3)17-12-15(13-18(20(17)26)22(4,5)6)9-10-19(25)24-16-8-7-11-23-14-16/h7-14,26H,1-6H3,(H,24,25)/b10-9+. The largest absolute Gasteiger partial charge is 0.507 e. The van der Waals surface area contributed by atoms with Crippen LogP contribution < -0.4 is 5.32 Å². The third-order valence-electron chi connectivity index (χ3n) is 4.10. The lowest BCUT2D eigenvalue weighted by Crippen LogP contribution is -2.17. The predicted molar refractivity (Wildman–Crippen MR) is 107 cm³/mol. The third kappa shape index (κ3) is 4.94. The van der Waals surface area contributed by atoms with Crippen LogP contribution in [0.15, 0.2) is 42.7 Å². The lowest BCUT2D eigenvalue weighted by atomic mass is 9.78. The summed E-state index contributed by atoms with van der Waals surface area (Å²) < 4.78 is 0. The van der Waals surface area contributed by atoms with Crippen molar-refractivity contribution in [3.63, 3.8) is 0 Å². The Morgan fingerprint density at radius 2 is 1.65 bits per heavy atom. The van der Waals surface area contributed by atoms with Gasteiger partial charge in [-0.1, -0.05) is 41.5 Å². The van der Waals surface area contributed by atoms with Crippen LogP contribution >= 0.6 is 0 Å². The van der Waals surface area contributed by atoms with E-state index in [1.165, 1.54) is 6.08 Å². The minimum absolute atomic E-state index is 0.202. The molecule has 2 aromatic rings. The maximum absolute atomic E-state index is 12.1. The zero-order valence-electron chi connectivity index (χ0n) is 16.4. The Bertz CT molecular complexity index is 775. The molecule has 1 heterocycles. The number of nitrogens with one attached hydrogen (secondary N) is 1. The molecule has 0 aliphatic rings. The quantitative estimate of drug-likeness (QED) is 0.761. The zero-order valence-corrected chi connectivity index (χ0v) is 16.4. The Kier molecular flexibility index (Phi) is 5.55. The average molecular weight is 352 g/mol. The summed E-state index contributed by atoms with van der Waals surface area (Å²) in [5, 5.41) is 13.5. The number of amides is 1. The second-order valence-corrected chi connectivity index (χ2v) is 8.53. The Labute approximate surface area is 156 Å². The van der Waals surface area contributed by atoms with Gasteiger partial charge in [0.2, 0.25) is 5.91 Å². The number of hydrogen-bond acceptors (Lipinski definition) is 3. The van der Waals surface area contributed by atoms with E-state index in [9.17, 15) is 9.90 Å². The van der Waals surface area contributed by atoms with Gasteiger partial charge in [-0.2, -0.15) is 0 Å². The van der Waals surface area contributed by atoms with Gasteiger partial charge in [0.05, 0.1) is 11.9 Å². The number of hydrogen-bond donors (Lipinski definition) is 2. The number of aromatic hydroxyl groups is 1. The van der Waals surface area contributed by atoms with E-state index >= 15 is 0 Å². The van der Waals surface area contributed by atoms with Gasteiger partial charge in [-0.3, -0.25) is 9.78 Å². The molecule has 4 heteroatoms.